The van der Waals surface area contributed by atoms with Crippen molar-refractivity contribution in [2.24, 2.45) is 5.92 Å². The normalized spacial score (nSPS) is 17.1. The molecule has 3 aromatic rings. The SMILES string of the molecule is CC1CCN(c2nnc(SCC(=O)Nc3ccc(N4CCOCC4)cc3)n2Cc2ccco2)CC1. The second-order valence-electron chi connectivity index (χ2n) is 9.10. The van der Waals surface area contributed by atoms with E-state index in [1.165, 1.54) is 11.8 Å². The van der Waals surface area contributed by atoms with E-state index in [0.29, 0.717) is 11.7 Å². The summed E-state index contributed by atoms with van der Waals surface area (Å²) in [5.74, 6) is 2.58. The lowest BCUT2D eigenvalue weighted by Crippen LogP contribution is -2.36. The monoisotopic (exact) mass is 496 g/mol. The van der Waals surface area contributed by atoms with Crippen LogP contribution >= 0.6 is 11.8 Å². The highest BCUT2D eigenvalue weighted by atomic mass is 32.2. The third-order valence-electron chi connectivity index (χ3n) is 6.52. The maximum Gasteiger partial charge on any atom is 0.234 e. The van der Waals surface area contributed by atoms with E-state index in [2.05, 4.69) is 36.8 Å². The number of amides is 1. The van der Waals surface area contributed by atoms with E-state index in [1.54, 1.807) is 6.26 Å². The molecule has 0 unspecified atom stereocenters. The fraction of sp³-hybridized carbons (Fsp3) is 0.480. The zero-order chi connectivity index (χ0) is 24.0. The Hall–Kier alpha value is -2.98. The van der Waals surface area contributed by atoms with Crippen LogP contribution in [0.25, 0.3) is 0 Å². The summed E-state index contributed by atoms with van der Waals surface area (Å²) in [4.78, 5) is 17.3. The molecule has 4 heterocycles. The topological polar surface area (TPSA) is 88.7 Å². The number of piperidine rings is 1. The summed E-state index contributed by atoms with van der Waals surface area (Å²) in [6, 6.07) is 11.8. The van der Waals surface area contributed by atoms with Crippen LogP contribution in [-0.4, -0.2) is 65.8 Å². The van der Waals surface area contributed by atoms with Crippen molar-refractivity contribution >= 4 is 35.0 Å². The number of rotatable bonds is 8. The smallest absolute Gasteiger partial charge is 0.234 e. The largest absolute Gasteiger partial charge is 0.467 e. The molecule has 5 rings (SSSR count). The summed E-state index contributed by atoms with van der Waals surface area (Å²) >= 11 is 1.39. The quantitative estimate of drug-likeness (QED) is 0.472. The van der Waals surface area contributed by atoms with Crippen LogP contribution in [-0.2, 0) is 16.1 Å². The zero-order valence-electron chi connectivity index (χ0n) is 20.1. The van der Waals surface area contributed by atoms with Crippen molar-refractivity contribution in [1.29, 1.82) is 0 Å². The molecule has 0 saturated carbocycles. The number of hydrogen-bond acceptors (Lipinski definition) is 8. The van der Waals surface area contributed by atoms with Gasteiger partial charge in [0.2, 0.25) is 11.9 Å². The van der Waals surface area contributed by atoms with Gasteiger partial charge in [0.05, 0.1) is 31.8 Å². The Morgan fingerprint density at radius 3 is 2.54 bits per heavy atom. The minimum atomic E-state index is -0.0741. The molecular weight excluding hydrogens is 464 g/mol. The Bertz CT molecular complexity index is 1090. The second kappa shape index (κ2) is 11.2. The van der Waals surface area contributed by atoms with Crippen molar-refractivity contribution in [3.63, 3.8) is 0 Å². The van der Waals surface area contributed by atoms with Gasteiger partial charge in [0.15, 0.2) is 5.16 Å². The summed E-state index contributed by atoms with van der Waals surface area (Å²) in [6.07, 6.45) is 3.96. The first kappa shape index (κ1) is 23.7. The number of nitrogens with zero attached hydrogens (tertiary/aromatic N) is 5. The molecule has 2 fully saturated rings. The summed E-state index contributed by atoms with van der Waals surface area (Å²) in [5, 5.41) is 12.6. The van der Waals surface area contributed by atoms with Crippen LogP contribution < -0.4 is 15.1 Å². The Kier molecular flexibility index (Phi) is 7.58. The molecule has 0 bridgehead atoms. The molecule has 1 N–H and O–H groups in total. The van der Waals surface area contributed by atoms with Crippen LogP contribution in [0.3, 0.4) is 0 Å². The first-order chi connectivity index (χ1) is 17.2. The number of benzene rings is 1. The average Bonchev–Trinajstić information content (AvgIpc) is 3.55. The lowest BCUT2D eigenvalue weighted by molar-refractivity contribution is -0.113. The number of anilines is 3. The summed E-state index contributed by atoms with van der Waals surface area (Å²) < 4.78 is 13.1. The number of carbonyl (C=O) groups is 1. The number of aromatic nitrogens is 3. The molecule has 9 nitrogen and oxygen atoms in total. The van der Waals surface area contributed by atoms with Crippen molar-refractivity contribution in [2.45, 2.75) is 31.5 Å². The molecule has 0 spiro atoms. The molecule has 10 heteroatoms. The maximum atomic E-state index is 12.7. The van der Waals surface area contributed by atoms with Gasteiger partial charge in [-0.25, -0.2) is 0 Å². The van der Waals surface area contributed by atoms with Gasteiger partial charge < -0.3 is 24.3 Å². The zero-order valence-corrected chi connectivity index (χ0v) is 20.9. The molecule has 0 aliphatic carbocycles. The van der Waals surface area contributed by atoms with Gasteiger partial charge in [-0.1, -0.05) is 18.7 Å². The van der Waals surface area contributed by atoms with E-state index in [-0.39, 0.29) is 11.7 Å². The number of carbonyl (C=O) groups excluding carboxylic acids is 1. The number of thioether (sulfide) groups is 1. The van der Waals surface area contributed by atoms with Crippen LogP contribution in [0.4, 0.5) is 17.3 Å². The summed E-state index contributed by atoms with van der Waals surface area (Å²) in [7, 11) is 0. The number of hydrogen-bond donors (Lipinski definition) is 1. The third kappa shape index (κ3) is 5.99. The van der Waals surface area contributed by atoms with Crippen LogP contribution in [0.2, 0.25) is 0 Å². The first-order valence-electron chi connectivity index (χ1n) is 12.2. The van der Waals surface area contributed by atoms with Crippen molar-refractivity contribution in [2.75, 3.05) is 60.3 Å². The molecule has 0 radical (unpaired) electrons. The van der Waals surface area contributed by atoms with Crippen molar-refractivity contribution in [3.8, 4) is 0 Å². The predicted octanol–water partition coefficient (Wildman–Crippen LogP) is 3.72. The van der Waals surface area contributed by atoms with Crippen molar-refractivity contribution in [1.82, 2.24) is 14.8 Å². The van der Waals surface area contributed by atoms with E-state index in [1.807, 2.05) is 36.4 Å². The van der Waals surface area contributed by atoms with Gasteiger partial charge in [0.25, 0.3) is 0 Å². The average molecular weight is 497 g/mol. The Morgan fingerprint density at radius 1 is 1.06 bits per heavy atom. The standard InChI is InChI=1S/C25H32N6O3S/c1-19-8-10-30(11-9-19)24-27-28-25(31(24)17-22-3-2-14-34-22)35-18-23(32)26-20-4-6-21(7-5-20)29-12-15-33-16-13-29/h2-7,14,19H,8-13,15-18H2,1H3,(H,26,32). The van der Waals surface area contributed by atoms with Gasteiger partial charge in [0.1, 0.15) is 5.76 Å². The Labute approximate surface area is 209 Å². The molecule has 2 aliphatic rings. The molecule has 2 aromatic heterocycles. The second-order valence-corrected chi connectivity index (χ2v) is 10.0. The number of nitrogens with one attached hydrogen (secondary N) is 1. The fourth-order valence-electron chi connectivity index (χ4n) is 4.43. The third-order valence-corrected chi connectivity index (χ3v) is 7.48. The minimum absolute atomic E-state index is 0.0741. The maximum absolute atomic E-state index is 12.7. The van der Waals surface area contributed by atoms with Gasteiger partial charge in [-0.3, -0.25) is 9.36 Å². The van der Waals surface area contributed by atoms with Crippen LogP contribution in [0.15, 0.2) is 52.2 Å². The van der Waals surface area contributed by atoms with E-state index >= 15 is 0 Å². The molecule has 2 aliphatic heterocycles. The number of furan rings is 1. The summed E-state index contributed by atoms with van der Waals surface area (Å²) in [6.45, 7) is 8.03. The predicted molar refractivity (Wildman–Crippen MR) is 137 cm³/mol. The molecular formula is C25H32N6O3S. The molecule has 0 atom stereocenters. The van der Waals surface area contributed by atoms with Gasteiger partial charge in [-0.05, 0) is 55.2 Å². The molecule has 1 amide bonds. The fourth-order valence-corrected chi connectivity index (χ4v) is 5.16. The van der Waals surface area contributed by atoms with Gasteiger partial charge in [0, 0.05) is 37.6 Å². The molecule has 2 saturated heterocycles. The summed E-state index contributed by atoms with van der Waals surface area (Å²) in [5.41, 5.74) is 1.93. The molecule has 186 valence electrons. The van der Waals surface area contributed by atoms with Gasteiger partial charge in [-0.2, -0.15) is 0 Å². The van der Waals surface area contributed by atoms with E-state index in [9.17, 15) is 4.79 Å². The van der Waals surface area contributed by atoms with Crippen LogP contribution in [0, 0.1) is 5.92 Å². The minimum Gasteiger partial charge on any atom is -0.467 e. The van der Waals surface area contributed by atoms with Gasteiger partial charge in [-0.15, -0.1) is 10.2 Å². The van der Waals surface area contributed by atoms with Crippen LogP contribution in [0.1, 0.15) is 25.5 Å². The van der Waals surface area contributed by atoms with E-state index < -0.39 is 0 Å². The molecule has 1 aromatic carbocycles. The lowest BCUT2D eigenvalue weighted by Gasteiger charge is -2.31. The van der Waals surface area contributed by atoms with Crippen molar-refractivity contribution in [3.05, 3.63) is 48.4 Å². The van der Waals surface area contributed by atoms with Crippen molar-refractivity contribution < 1.29 is 13.9 Å². The Balaban J connectivity index is 1.22. The van der Waals surface area contributed by atoms with Crippen LogP contribution in [0.5, 0.6) is 0 Å². The van der Waals surface area contributed by atoms with E-state index in [4.69, 9.17) is 9.15 Å². The molecule has 35 heavy (non-hydrogen) atoms. The Morgan fingerprint density at radius 2 is 1.83 bits per heavy atom. The number of morpholine rings is 1. The first-order valence-corrected chi connectivity index (χ1v) is 13.2. The van der Waals surface area contributed by atoms with E-state index in [0.717, 1.165) is 81.2 Å². The highest BCUT2D eigenvalue weighted by Gasteiger charge is 2.24. The number of ether oxygens (including phenoxy) is 1. The highest BCUT2D eigenvalue weighted by Crippen LogP contribution is 2.27. The highest BCUT2D eigenvalue weighted by molar-refractivity contribution is 7.99. The lowest BCUT2D eigenvalue weighted by atomic mass is 10.00. The van der Waals surface area contributed by atoms with Gasteiger partial charge >= 0.3 is 0 Å².